The van der Waals surface area contributed by atoms with Gasteiger partial charge < -0.3 is 10.1 Å². The molecule has 1 N–H and O–H groups in total. The summed E-state index contributed by atoms with van der Waals surface area (Å²) in [6.45, 7) is 5.13. The standard InChI is InChI=1S/C27H35N3O2S/c1-3-5-6-7-8-9-18-32-24-16-14-23(15-17-24)20-28-30-27-29-26(31)25(33-27)19-22-12-10-21(4-2)11-13-22/h10-17,20,25H,3-9,18-19H2,1-2H3,(H,29,30,31)/b28-20-/t25-/m1/s1. The number of benzene rings is 2. The Balaban J connectivity index is 1.41. The first-order chi connectivity index (χ1) is 16.2. The molecule has 1 heterocycles. The van der Waals surface area contributed by atoms with Crippen LogP contribution in [-0.2, 0) is 17.6 Å². The summed E-state index contributed by atoms with van der Waals surface area (Å²) in [5.74, 6) is 0.862. The number of hydrogen-bond donors (Lipinski definition) is 1. The maximum atomic E-state index is 12.3. The van der Waals surface area contributed by atoms with Crippen LogP contribution in [0.1, 0.15) is 69.1 Å². The van der Waals surface area contributed by atoms with Crippen LogP contribution in [0.2, 0.25) is 0 Å². The van der Waals surface area contributed by atoms with Crippen molar-refractivity contribution in [3.05, 3.63) is 65.2 Å². The SMILES string of the molecule is CCCCCCCCOc1ccc(/C=N\N=C2\NC(=O)[C@@H](Cc3ccc(CC)cc3)S2)cc1. The number of nitrogens with zero attached hydrogens (tertiary/aromatic N) is 2. The monoisotopic (exact) mass is 465 g/mol. The van der Waals surface area contributed by atoms with Crippen LogP contribution in [0.5, 0.6) is 5.75 Å². The van der Waals surface area contributed by atoms with Gasteiger partial charge in [-0.15, -0.1) is 5.10 Å². The van der Waals surface area contributed by atoms with E-state index in [-0.39, 0.29) is 11.2 Å². The van der Waals surface area contributed by atoms with Gasteiger partial charge in [-0.05, 0) is 60.2 Å². The van der Waals surface area contributed by atoms with Crippen LogP contribution < -0.4 is 10.1 Å². The van der Waals surface area contributed by atoms with Gasteiger partial charge >= 0.3 is 0 Å². The lowest BCUT2D eigenvalue weighted by atomic mass is 10.1. The molecule has 1 aliphatic rings. The second-order valence-electron chi connectivity index (χ2n) is 8.30. The molecule has 0 radical (unpaired) electrons. The van der Waals surface area contributed by atoms with E-state index < -0.39 is 0 Å². The minimum atomic E-state index is -0.172. The highest BCUT2D eigenvalue weighted by atomic mass is 32.2. The lowest BCUT2D eigenvalue weighted by Crippen LogP contribution is -2.25. The van der Waals surface area contributed by atoms with Gasteiger partial charge in [0.05, 0.1) is 18.1 Å². The summed E-state index contributed by atoms with van der Waals surface area (Å²) < 4.78 is 5.82. The van der Waals surface area contributed by atoms with Crippen molar-refractivity contribution in [3.63, 3.8) is 0 Å². The highest BCUT2D eigenvalue weighted by molar-refractivity contribution is 8.15. The summed E-state index contributed by atoms with van der Waals surface area (Å²) in [7, 11) is 0. The number of carbonyl (C=O) groups excluding carboxylic acids is 1. The van der Waals surface area contributed by atoms with E-state index in [1.54, 1.807) is 6.21 Å². The Morgan fingerprint density at radius 3 is 2.36 bits per heavy atom. The van der Waals surface area contributed by atoms with E-state index in [1.807, 2.05) is 24.3 Å². The molecule has 1 amide bonds. The normalized spacial score (nSPS) is 17.1. The number of thioether (sulfide) groups is 1. The zero-order valence-corrected chi connectivity index (χ0v) is 20.6. The number of aryl methyl sites for hydroxylation is 1. The molecule has 176 valence electrons. The van der Waals surface area contributed by atoms with Crippen LogP contribution in [-0.4, -0.2) is 29.1 Å². The summed E-state index contributed by atoms with van der Waals surface area (Å²) in [6, 6.07) is 16.3. The number of unbranched alkanes of at least 4 members (excludes halogenated alkanes) is 5. The van der Waals surface area contributed by atoms with Crippen LogP contribution in [0.4, 0.5) is 0 Å². The van der Waals surface area contributed by atoms with Gasteiger partial charge in [0, 0.05) is 0 Å². The number of hydrogen-bond acceptors (Lipinski definition) is 5. The van der Waals surface area contributed by atoms with Crippen molar-refractivity contribution in [2.24, 2.45) is 10.2 Å². The smallest absolute Gasteiger partial charge is 0.239 e. The number of amidine groups is 1. The van der Waals surface area contributed by atoms with E-state index in [1.165, 1.54) is 49.4 Å². The van der Waals surface area contributed by atoms with Crippen LogP contribution >= 0.6 is 11.8 Å². The predicted molar refractivity (Wildman–Crippen MR) is 139 cm³/mol. The molecule has 33 heavy (non-hydrogen) atoms. The fourth-order valence-corrected chi connectivity index (χ4v) is 4.55. The molecule has 2 aromatic carbocycles. The first-order valence-corrected chi connectivity index (χ1v) is 12.9. The number of carbonyl (C=O) groups is 1. The van der Waals surface area contributed by atoms with Gasteiger partial charge in [0.1, 0.15) is 5.75 Å². The van der Waals surface area contributed by atoms with Crippen molar-refractivity contribution in [2.45, 2.75) is 70.5 Å². The molecule has 1 fully saturated rings. The molecule has 1 aliphatic heterocycles. The number of amides is 1. The summed E-state index contributed by atoms with van der Waals surface area (Å²) in [5.41, 5.74) is 3.40. The third-order valence-corrected chi connectivity index (χ3v) is 6.70. The molecular formula is C27H35N3O2S. The summed E-state index contributed by atoms with van der Waals surface area (Å²) >= 11 is 1.43. The molecule has 3 rings (SSSR count). The molecule has 0 aromatic heterocycles. The molecule has 0 aliphatic carbocycles. The van der Waals surface area contributed by atoms with Crippen molar-refractivity contribution >= 4 is 29.1 Å². The molecule has 0 unspecified atom stereocenters. The van der Waals surface area contributed by atoms with Crippen molar-refractivity contribution in [1.82, 2.24) is 5.32 Å². The molecule has 6 heteroatoms. The fourth-order valence-electron chi connectivity index (χ4n) is 3.58. The van der Waals surface area contributed by atoms with Gasteiger partial charge in [0.25, 0.3) is 0 Å². The van der Waals surface area contributed by atoms with E-state index in [4.69, 9.17) is 4.74 Å². The zero-order chi connectivity index (χ0) is 23.3. The van der Waals surface area contributed by atoms with Crippen LogP contribution in [0.3, 0.4) is 0 Å². The first kappa shape index (κ1) is 25.0. The number of rotatable bonds is 13. The minimum absolute atomic E-state index is 0.0135. The Morgan fingerprint density at radius 2 is 1.64 bits per heavy atom. The maximum absolute atomic E-state index is 12.3. The van der Waals surface area contributed by atoms with Crippen LogP contribution in [0, 0.1) is 0 Å². The zero-order valence-electron chi connectivity index (χ0n) is 19.8. The second kappa shape index (κ2) is 13.8. The fraction of sp³-hybridized carbons (Fsp3) is 0.444. The molecule has 0 bridgehead atoms. The average Bonchev–Trinajstić information content (AvgIpc) is 3.18. The molecule has 0 spiro atoms. The van der Waals surface area contributed by atoms with Crippen LogP contribution in [0.25, 0.3) is 0 Å². The van der Waals surface area contributed by atoms with E-state index in [9.17, 15) is 4.79 Å². The largest absolute Gasteiger partial charge is 0.494 e. The highest BCUT2D eigenvalue weighted by Gasteiger charge is 2.30. The van der Waals surface area contributed by atoms with Gasteiger partial charge in [-0.3, -0.25) is 4.79 Å². The molecule has 5 nitrogen and oxygen atoms in total. The third kappa shape index (κ3) is 8.69. The van der Waals surface area contributed by atoms with Gasteiger partial charge in [-0.2, -0.15) is 5.10 Å². The van der Waals surface area contributed by atoms with Crippen molar-refractivity contribution in [1.29, 1.82) is 0 Å². The Hall–Kier alpha value is -2.60. The van der Waals surface area contributed by atoms with Crippen molar-refractivity contribution in [2.75, 3.05) is 6.61 Å². The first-order valence-electron chi connectivity index (χ1n) is 12.1. The highest BCUT2D eigenvalue weighted by Crippen LogP contribution is 2.23. The second-order valence-corrected chi connectivity index (χ2v) is 9.50. The molecular weight excluding hydrogens is 430 g/mol. The topological polar surface area (TPSA) is 63.1 Å². The summed E-state index contributed by atoms with van der Waals surface area (Å²) in [6.07, 6.45) is 10.9. The van der Waals surface area contributed by atoms with E-state index >= 15 is 0 Å². The molecule has 0 saturated carbocycles. The Morgan fingerprint density at radius 1 is 0.939 bits per heavy atom. The van der Waals surface area contributed by atoms with E-state index in [0.717, 1.165) is 36.3 Å². The lowest BCUT2D eigenvalue weighted by Gasteiger charge is -2.06. The van der Waals surface area contributed by atoms with Crippen molar-refractivity contribution in [3.8, 4) is 5.75 Å². The van der Waals surface area contributed by atoms with Gasteiger partial charge in [-0.25, -0.2) is 0 Å². The maximum Gasteiger partial charge on any atom is 0.239 e. The number of nitrogens with one attached hydrogen (secondary N) is 1. The van der Waals surface area contributed by atoms with Gasteiger partial charge in [-0.1, -0.05) is 82.0 Å². The Kier molecular flexibility index (Phi) is 10.5. The Labute approximate surface area is 202 Å². The van der Waals surface area contributed by atoms with Gasteiger partial charge in [0.15, 0.2) is 5.17 Å². The van der Waals surface area contributed by atoms with Crippen LogP contribution in [0.15, 0.2) is 58.7 Å². The van der Waals surface area contributed by atoms with E-state index in [2.05, 4.69) is 53.6 Å². The Bertz CT molecular complexity index is 923. The third-order valence-electron chi connectivity index (χ3n) is 5.63. The molecule has 2 aromatic rings. The summed E-state index contributed by atoms with van der Waals surface area (Å²) in [5, 5.41) is 11.5. The predicted octanol–water partition coefficient (Wildman–Crippen LogP) is 6.15. The molecule has 1 atom stereocenters. The number of ether oxygens (including phenoxy) is 1. The van der Waals surface area contributed by atoms with E-state index in [0.29, 0.717) is 11.6 Å². The van der Waals surface area contributed by atoms with Crippen molar-refractivity contribution < 1.29 is 9.53 Å². The lowest BCUT2D eigenvalue weighted by molar-refractivity contribution is -0.118. The minimum Gasteiger partial charge on any atom is -0.494 e. The average molecular weight is 466 g/mol. The van der Waals surface area contributed by atoms with Gasteiger partial charge in [0.2, 0.25) is 5.91 Å². The molecule has 1 saturated heterocycles. The summed E-state index contributed by atoms with van der Waals surface area (Å²) in [4.78, 5) is 12.3. The quantitative estimate of drug-likeness (QED) is 0.219.